The number of hydrogen-bond donors (Lipinski definition) is 1. The van der Waals surface area contributed by atoms with Gasteiger partial charge < -0.3 is 25.3 Å². The number of pyridine rings is 1. The highest BCUT2D eigenvalue weighted by atomic mass is 16.6. The Hall–Kier alpha value is -3.36. The second-order valence-corrected chi connectivity index (χ2v) is 6.03. The quantitative estimate of drug-likeness (QED) is 0.343. The lowest BCUT2D eigenvalue weighted by molar-refractivity contribution is -0.389. The summed E-state index contributed by atoms with van der Waals surface area (Å²) in [7, 11) is 0. The first-order valence-electron chi connectivity index (χ1n) is 8.61. The summed E-state index contributed by atoms with van der Waals surface area (Å²) in [6.07, 6.45) is 0.377. The first kappa shape index (κ1) is 18.4. The number of carbonyl (C=O) groups excluding carboxylic acids is 1. The molecule has 1 aliphatic heterocycles. The van der Waals surface area contributed by atoms with E-state index in [-0.39, 0.29) is 17.5 Å². The van der Waals surface area contributed by atoms with E-state index in [0.29, 0.717) is 43.2 Å². The van der Waals surface area contributed by atoms with Crippen LogP contribution in [0.15, 0.2) is 36.4 Å². The Morgan fingerprint density at radius 2 is 2.19 bits per heavy atom. The molecule has 27 heavy (non-hydrogen) atoms. The molecule has 0 spiro atoms. The molecule has 0 saturated heterocycles. The standard InChI is InChI=1S/C18H20N4O5/c1-2-14-18(23)21(9-4-10-26-13-6-3-5-12(19)11-13)17-15(27-14)7-8-16(20-17)22(24)25/h3,5-8,11,14H,2,4,9-10,19H2,1H3. The molecule has 2 N–H and O–H groups in total. The van der Waals surface area contributed by atoms with Crippen LogP contribution >= 0.6 is 0 Å². The molecule has 1 atom stereocenters. The fraction of sp³-hybridized carbons (Fsp3) is 0.333. The number of nitro groups is 1. The van der Waals surface area contributed by atoms with Gasteiger partial charge in [0.2, 0.25) is 0 Å². The minimum atomic E-state index is -0.629. The fourth-order valence-corrected chi connectivity index (χ4v) is 2.79. The van der Waals surface area contributed by atoms with Crippen LogP contribution in [0.3, 0.4) is 0 Å². The van der Waals surface area contributed by atoms with Crippen molar-refractivity contribution < 1.29 is 19.2 Å². The average Bonchev–Trinajstić information content (AvgIpc) is 2.65. The summed E-state index contributed by atoms with van der Waals surface area (Å²) in [5, 5.41) is 11.0. The van der Waals surface area contributed by atoms with Crippen molar-refractivity contribution in [2.75, 3.05) is 23.8 Å². The Balaban J connectivity index is 1.72. The van der Waals surface area contributed by atoms with Crippen LogP contribution in [0, 0.1) is 10.1 Å². The second kappa shape index (κ2) is 7.90. The molecule has 1 aromatic heterocycles. The van der Waals surface area contributed by atoms with Gasteiger partial charge in [0, 0.05) is 24.4 Å². The predicted molar refractivity (Wildman–Crippen MR) is 98.9 cm³/mol. The smallest absolute Gasteiger partial charge is 0.366 e. The molecule has 1 aliphatic rings. The van der Waals surface area contributed by atoms with Gasteiger partial charge in [-0.1, -0.05) is 13.0 Å². The predicted octanol–water partition coefficient (Wildman–Crippen LogP) is 2.55. The number of anilines is 2. The molecule has 9 nitrogen and oxygen atoms in total. The maximum absolute atomic E-state index is 12.6. The zero-order chi connectivity index (χ0) is 19.4. The van der Waals surface area contributed by atoms with E-state index in [0.717, 1.165) is 0 Å². The van der Waals surface area contributed by atoms with E-state index in [1.807, 2.05) is 6.92 Å². The van der Waals surface area contributed by atoms with Crippen LogP contribution in [0.1, 0.15) is 19.8 Å². The van der Waals surface area contributed by atoms with Gasteiger partial charge in [-0.15, -0.1) is 0 Å². The Morgan fingerprint density at radius 1 is 1.37 bits per heavy atom. The van der Waals surface area contributed by atoms with Crippen LogP contribution in [0.4, 0.5) is 17.3 Å². The highest BCUT2D eigenvalue weighted by Gasteiger charge is 2.37. The summed E-state index contributed by atoms with van der Waals surface area (Å²) in [6, 6.07) is 9.81. The number of amides is 1. The summed E-state index contributed by atoms with van der Waals surface area (Å²) >= 11 is 0. The lowest BCUT2D eigenvalue weighted by atomic mass is 10.2. The molecule has 1 aromatic carbocycles. The largest absolute Gasteiger partial charge is 0.493 e. The zero-order valence-corrected chi connectivity index (χ0v) is 14.8. The van der Waals surface area contributed by atoms with Crippen molar-refractivity contribution in [2.45, 2.75) is 25.9 Å². The maximum atomic E-state index is 12.6. The molecule has 1 amide bonds. The van der Waals surface area contributed by atoms with Gasteiger partial charge >= 0.3 is 5.82 Å². The van der Waals surface area contributed by atoms with Gasteiger partial charge in [0.25, 0.3) is 11.7 Å². The minimum Gasteiger partial charge on any atom is -0.493 e. The third-order valence-corrected chi connectivity index (χ3v) is 4.10. The molecule has 0 saturated carbocycles. The fourth-order valence-electron chi connectivity index (χ4n) is 2.79. The minimum absolute atomic E-state index is 0.169. The number of hydrogen-bond acceptors (Lipinski definition) is 7. The molecule has 0 fully saturated rings. The Kier molecular flexibility index (Phi) is 5.39. The number of rotatable bonds is 7. The number of nitrogen functional groups attached to an aromatic ring is 1. The zero-order valence-electron chi connectivity index (χ0n) is 14.8. The monoisotopic (exact) mass is 372 g/mol. The lowest BCUT2D eigenvalue weighted by Gasteiger charge is -2.30. The third-order valence-electron chi connectivity index (χ3n) is 4.10. The van der Waals surface area contributed by atoms with Gasteiger partial charge in [0.15, 0.2) is 11.9 Å². The number of benzene rings is 1. The van der Waals surface area contributed by atoms with Crippen LogP contribution in [0.2, 0.25) is 0 Å². The van der Waals surface area contributed by atoms with E-state index in [1.165, 1.54) is 17.0 Å². The van der Waals surface area contributed by atoms with E-state index < -0.39 is 11.0 Å². The van der Waals surface area contributed by atoms with Crippen molar-refractivity contribution in [1.82, 2.24) is 4.98 Å². The molecule has 3 rings (SSSR count). The molecule has 0 bridgehead atoms. The molecule has 9 heteroatoms. The summed E-state index contributed by atoms with van der Waals surface area (Å²) in [6.45, 7) is 2.50. The van der Waals surface area contributed by atoms with Crippen LogP contribution in [-0.2, 0) is 4.79 Å². The normalized spacial score (nSPS) is 15.8. The highest BCUT2D eigenvalue weighted by molar-refractivity contribution is 5.99. The van der Waals surface area contributed by atoms with Gasteiger partial charge in [0.1, 0.15) is 5.75 Å². The third kappa shape index (κ3) is 4.08. The maximum Gasteiger partial charge on any atom is 0.366 e. The van der Waals surface area contributed by atoms with Gasteiger partial charge in [0.05, 0.1) is 6.61 Å². The average molecular weight is 372 g/mol. The van der Waals surface area contributed by atoms with Crippen molar-refractivity contribution in [3.8, 4) is 11.5 Å². The van der Waals surface area contributed by atoms with Crippen molar-refractivity contribution in [2.24, 2.45) is 0 Å². The summed E-state index contributed by atoms with van der Waals surface area (Å²) in [5.74, 6) is 0.582. The first-order chi connectivity index (χ1) is 13.0. The topological polar surface area (TPSA) is 121 Å². The first-order valence-corrected chi connectivity index (χ1v) is 8.61. The second-order valence-electron chi connectivity index (χ2n) is 6.03. The van der Waals surface area contributed by atoms with Gasteiger partial charge in [-0.3, -0.25) is 9.69 Å². The SMILES string of the molecule is CCC1Oc2ccc([N+](=O)[O-])nc2N(CCCOc2cccc(N)c2)C1=O. The number of nitrogens with two attached hydrogens (primary N) is 1. The van der Waals surface area contributed by atoms with Crippen LogP contribution in [0.25, 0.3) is 0 Å². The van der Waals surface area contributed by atoms with Gasteiger partial charge in [-0.2, -0.15) is 0 Å². The van der Waals surface area contributed by atoms with E-state index in [4.69, 9.17) is 15.2 Å². The van der Waals surface area contributed by atoms with Crippen LogP contribution < -0.4 is 20.1 Å². The van der Waals surface area contributed by atoms with Crippen molar-refractivity contribution in [3.63, 3.8) is 0 Å². The summed E-state index contributed by atoms with van der Waals surface area (Å²) < 4.78 is 11.3. The molecule has 1 unspecified atom stereocenters. The summed E-state index contributed by atoms with van der Waals surface area (Å²) in [4.78, 5) is 28.5. The van der Waals surface area contributed by atoms with E-state index in [9.17, 15) is 14.9 Å². The Morgan fingerprint density at radius 3 is 2.89 bits per heavy atom. The molecule has 0 radical (unpaired) electrons. The molecule has 2 aromatic rings. The molecular weight excluding hydrogens is 352 g/mol. The van der Waals surface area contributed by atoms with Crippen molar-refractivity contribution >= 4 is 23.2 Å². The van der Waals surface area contributed by atoms with Crippen LogP contribution in [-0.4, -0.2) is 35.1 Å². The molecule has 142 valence electrons. The van der Waals surface area contributed by atoms with Gasteiger partial charge in [-0.25, -0.2) is 0 Å². The van der Waals surface area contributed by atoms with Crippen molar-refractivity contribution in [3.05, 3.63) is 46.5 Å². The number of aromatic nitrogens is 1. The van der Waals surface area contributed by atoms with Crippen molar-refractivity contribution in [1.29, 1.82) is 0 Å². The van der Waals surface area contributed by atoms with E-state index in [1.54, 1.807) is 24.3 Å². The number of carbonyl (C=O) groups is 1. The Bertz CT molecular complexity index is 857. The number of fused-ring (bicyclic) bond motifs is 1. The van der Waals surface area contributed by atoms with Crippen LogP contribution in [0.5, 0.6) is 11.5 Å². The Labute approximate surface area is 155 Å². The van der Waals surface area contributed by atoms with E-state index in [2.05, 4.69) is 4.98 Å². The lowest BCUT2D eigenvalue weighted by Crippen LogP contribution is -2.46. The summed E-state index contributed by atoms with van der Waals surface area (Å²) in [5.41, 5.74) is 6.31. The molecule has 2 heterocycles. The molecule has 0 aliphatic carbocycles. The molecular formula is C18H20N4O5. The highest BCUT2D eigenvalue weighted by Crippen LogP contribution is 2.34. The van der Waals surface area contributed by atoms with Gasteiger partial charge in [-0.05, 0) is 40.9 Å². The van der Waals surface area contributed by atoms with E-state index >= 15 is 0 Å². The number of ether oxygens (including phenoxy) is 2. The number of nitrogens with zero attached hydrogens (tertiary/aromatic N) is 3.